The molecule has 1 amide bonds. The van der Waals surface area contributed by atoms with E-state index in [1.807, 2.05) is 6.92 Å². The largest absolute Gasteiger partial charge is 0.312 e. The number of aryl methyl sites for hydroxylation is 1. The quantitative estimate of drug-likeness (QED) is 0.831. The van der Waals surface area contributed by atoms with E-state index in [4.69, 9.17) is 0 Å². The molecular weight excluding hydrogens is 394 g/mol. The van der Waals surface area contributed by atoms with E-state index >= 15 is 0 Å². The Hall–Kier alpha value is -2.37. The molecule has 1 unspecified atom stereocenters. The summed E-state index contributed by atoms with van der Waals surface area (Å²) in [6.45, 7) is 1.86. The molecule has 0 bridgehead atoms. The summed E-state index contributed by atoms with van der Waals surface area (Å²) in [6, 6.07) is 7.18. The van der Waals surface area contributed by atoms with Gasteiger partial charge in [-0.05, 0) is 68.4 Å². The van der Waals surface area contributed by atoms with Crippen molar-refractivity contribution in [3.8, 4) is 6.07 Å². The molecule has 1 aliphatic heterocycles. The van der Waals surface area contributed by atoms with E-state index in [0.717, 1.165) is 36.8 Å². The van der Waals surface area contributed by atoms with Crippen molar-refractivity contribution in [3.05, 3.63) is 45.3 Å². The van der Waals surface area contributed by atoms with Gasteiger partial charge >= 0.3 is 0 Å². The number of anilines is 2. The van der Waals surface area contributed by atoms with Gasteiger partial charge in [0.2, 0.25) is 10.0 Å². The molecule has 1 N–H and O–H groups in total. The second-order valence-corrected chi connectivity index (χ2v) is 10.4. The van der Waals surface area contributed by atoms with Crippen LogP contribution in [0.15, 0.2) is 18.2 Å². The minimum atomic E-state index is -3.36. The molecule has 1 aromatic carbocycles. The highest BCUT2D eigenvalue weighted by Crippen LogP contribution is 2.38. The molecule has 2 aromatic rings. The first-order valence-electron chi connectivity index (χ1n) is 9.28. The van der Waals surface area contributed by atoms with E-state index in [0.29, 0.717) is 28.2 Å². The lowest BCUT2D eigenvalue weighted by Crippen LogP contribution is -2.34. The van der Waals surface area contributed by atoms with Crippen molar-refractivity contribution in [2.24, 2.45) is 0 Å². The smallest absolute Gasteiger partial charge is 0.256 e. The maximum atomic E-state index is 12.8. The third-order valence-corrected chi connectivity index (χ3v) is 7.84. The molecule has 1 atom stereocenters. The number of benzene rings is 1. The van der Waals surface area contributed by atoms with Gasteiger partial charge in [-0.15, -0.1) is 11.3 Å². The fourth-order valence-corrected chi connectivity index (χ4v) is 6.70. The average Bonchev–Trinajstić information content (AvgIpc) is 3.16. The topological polar surface area (TPSA) is 90.3 Å². The van der Waals surface area contributed by atoms with Crippen LogP contribution in [-0.2, 0) is 29.3 Å². The highest BCUT2D eigenvalue weighted by Gasteiger charge is 2.33. The van der Waals surface area contributed by atoms with Gasteiger partial charge in [0.1, 0.15) is 11.1 Å². The standard InChI is InChI=1S/C20H21N3O3S2/c1-12-9-14-10-13(7-8-17(14)23(12)28(2,25)26)19(24)22-20-16(11-21)15-5-3-4-6-18(15)27-20/h7-8,10,12H,3-6,9H2,1-2H3,(H,22,24). The molecule has 0 saturated carbocycles. The van der Waals surface area contributed by atoms with Gasteiger partial charge in [0.15, 0.2) is 0 Å². The lowest BCUT2D eigenvalue weighted by Gasteiger charge is -2.21. The SMILES string of the molecule is CC1Cc2cc(C(=O)Nc3sc4c(c3C#N)CCCC4)ccc2N1S(C)(=O)=O. The third-order valence-electron chi connectivity index (χ3n) is 5.36. The normalized spacial score (nSPS) is 18.3. The van der Waals surface area contributed by atoms with Crippen LogP contribution in [0.5, 0.6) is 0 Å². The number of thiophene rings is 1. The molecule has 0 fully saturated rings. The van der Waals surface area contributed by atoms with Crippen molar-refractivity contribution in [2.45, 2.75) is 45.1 Å². The number of nitrogens with zero attached hydrogens (tertiary/aromatic N) is 2. The zero-order valence-corrected chi connectivity index (χ0v) is 17.4. The van der Waals surface area contributed by atoms with Crippen molar-refractivity contribution < 1.29 is 13.2 Å². The molecule has 0 radical (unpaired) electrons. The van der Waals surface area contributed by atoms with Gasteiger partial charge in [-0.3, -0.25) is 9.10 Å². The third kappa shape index (κ3) is 3.19. The summed E-state index contributed by atoms with van der Waals surface area (Å²) in [7, 11) is -3.36. The summed E-state index contributed by atoms with van der Waals surface area (Å²) in [5, 5.41) is 13.1. The number of rotatable bonds is 3. The van der Waals surface area contributed by atoms with Crippen LogP contribution >= 0.6 is 11.3 Å². The molecule has 4 rings (SSSR count). The molecule has 28 heavy (non-hydrogen) atoms. The zero-order valence-electron chi connectivity index (χ0n) is 15.8. The number of fused-ring (bicyclic) bond motifs is 2. The van der Waals surface area contributed by atoms with Crippen LogP contribution in [0.2, 0.25) is 0 Å². The predicted octanol–water partition coefficient (Wildman–Crippen LogP) is 3.46. The second-order valence-electron chi connectivity index (χ2n) is 7.44. The van der Waals surface area contributed by atoms with E-state index < -0.39 is 10.0 Å². The number of hydrogen-bond donors (Lipinski definition) is 1. The van der Waals surface area contributed by atoms with Gasteiger partial charge in [0.05, 0.1) is 17.5 Å². The molecule has 146 valence electrons. The van der Waals surface area contributed by atoms with Gasteiger partial charge in [-0.25, -0.2) is 8.42 Å². The first-order valence-corrected chi connectivity index (χ1v) is 11.9. The fourth-order valence-electron chi connectivity index (χ4n) is 4.20. The van der Waals surface area contributed by atoms with E-state index in [1.54, 1.807) is 18.2 Å². The van der Waals surface area contributed by atoms with Crippen LogP contribution in [-0.4, -0.2) is 26.6 Å². The zero-order chi connectivity index (χ0) is 20.1. The Morgan fingerprint density at radius 3 is 2.79 bits per heavy atom. The van der Waals surface area contributed by atoms with Crippen LogP contribution in [0.4, 0.5) is 10.7 Å². The summed E-state index contributed by atoms with van der Waals surface area (Å²) in [5.74, 6) is -0.275. The molecule has 1 aliphatic carbocycles. The summed E-state index contributed by atoms with van der Waals surface area (Å²) < 4.78 is 25.5. The number of nitrogens with one attached hydrogen (secondary N) is 1. The van der Waals surface area contributed by atoms with E-state index in [9.17, 15) is 18.5 Å². The van der Waals surface area contributed by atoms with Gasteiger partial charge in [-0.1, -0.05) is 0 Å². The Labute approximate surface area is 168 Å². The Kier molecular flexibility index (Phi) is 4.68. The van der Waals surface area contributed by atoms with Crippen molar-refractivity contribution in [3.63, 3.8) is 0 Å². The van der Waals surface area contributed by atoms with Crippen molar-refractivity contribution in [1.29, 1.82) is 5.26 Å². The molecular formula is C20H21N3O3S2. The molecule has 0 spiro atoms. The fraction of sp³-hybridized carbons (Fsp3) is 0.400. The summed E-state index contributed by atoms with van der Waals surface area (Å²) >= 11 is 1.50. The van der Waals surface area contributed by atoms with Crippen molar-refractivity contribution in [2.75, 3.05) is 15.9 Å². The molecule has 8 heteroatoms. The highest BCUT2D eigenvalue weighted by molar-refractivity contribution is 7.92. The van der Waals surface area contributed by atoms with Crippen molar-refractivity contribution in [1.82, 2.24) is 0 Å². The minimum absolute atomic E-state index is 0.169. The molecule has 0 saturated heterocycles. The lowest BCUT2D eigenvalue weighted by atomic mass is 9.96. The highest BCUT2D eigenvalue weighted by atomic mass is 32.2. The lowest BCUT2D eigenvalue weighted by molar-refractivity contribution is 0.102. The first-order chi connectivity index (χ1) is 13.3. The summed E-state index contributed by atoms with van der Waals surface area (Å²) in [4.78, 5) is 14.0. The van der Waals surface area contributed by atoms with Crippen LogP contribution < -0.4 is 9.62 Å². The van der Waals surface area contributed by atoms with Crippen LogP contribution in [0.1, 0.15) is 51.7 Å². The molecule has 6 nitrogen and oxygen atoms in total. The predicted molar refractivity (Wildman–Crippen MR) is 111 cm³/mol. The number of nitriles is 1. The van der Waals surface area contributed by atoms with Gasteiger partial charge in [0.25, 0.3) is 5.91 Å². The Morgan fingerprint density at radius 2 is 2.07 bits per heavy atom. The van der Waals surface area contributed by atoms with Crippen LogP contribution in [0.25, 0.3) is 0 Å². The van der Waals surface area contributed by atoms with Crippen molar-refractivity contribution >= 4 is 38.0 Å². The van der Waals surface area contributed by atoms with E-state index in [-0.39, 0.29) is 11.9 Å². The Morgan fingerprint density at radius 1 is 1.32 bits per heavy atom. The Bertz CT molecular complexity index is 1110. The summed E-state index contributed by atoms with van der Waals surface area (Å²) in [6.07, 6.45) is 5.81. The molecule has 2 heterocycles. The van der Waals surface area contributed by atoms with Crippen LogP contribution in [0.3, 0.4) is 0 Å². The molecule has 2 aliphatic rings. The Balaban J connectivity index is 1.62. The number of hydrogen-bond acceptors (Lipinski definition) is 5. The number of carbonyl (C=O) groups excluding carboxylic acids is 1. The van der Waals surface area contributed by atoms with Gasteiger partial charge in [-0.2, -0.15) is 5.26 Å². The number of carbonyl (C=O) groups is 1. The van der Waals surface area contributed by atoms with Crippen LogP contribution in [0, 0.1) is 11.3 Å². The average molecular weight is 416 g/mol. The second kappa shape index (κ2) is 6.90. The maximum absolute atomic E-state index is 12.8. The number of amides is 1. The van der Waals surface area contributed by atoms with Gasteiger partial charge in [0, 0.05) is 16.5 Å². The summed E-state index contributed by atoms with van der Waals surface area (Å²) in [5.41, 5.74) is 3.62. The van der Waals surface area contributed by atoms with E-state index in [1.165, 1.54) is 26.8 Å². The van der Waals surface area contributed by atoms with Gasteiger partial charge < -0.3 is 5.32 Å². The monoisotopic (exact) mass is 415 g/mol. The molecule has 1 aromatic heterocycles. The first kappa shape index (κ1) is 19.0. The maximum Gasteiger partial charge on any atom is 0.256 e. The van der Waals surface area contributed by atoms with E-state index in [2.05, 4.69) is 11.4 Å². The number of sulfonamides is 1. The minimum Gasteiger partial charge on any atom is -0.312 e.